The van der Waals surface area contributed by atoms with Crippen molar-refractivity contribution in [3.63, 3.8) is 0 Å². The van der Waals surface area contributed by atoms with E-state index in [2.05, 4.69) is 0 Å². The molecule has 5 atom stereocenters. The summed E-state index contributed by atoms with van der Waals surface area (Å²) in [6.45, 7) is 4.63. The molecule has 1 aliphatic heterocycles. The Morgan fingerprint density at radius 3 is 2.62 bits per heavy atom. The Balaban J connectivity index is 1.67. The summed E-state index contributed by atoms with van der Waals surface area (Å²) in [5.74, 6) is -2.73. The van der Waals surface area contributed by atoms with Gasteiger partial charge >= 0.3 is 19.5 Å². The zero-order valence-corrected chi connectivity index (χ0v) is 21.2. The van der Waals surface area contributed by atoms with Crippen LogP contribution in [0.1, 0.15) is 33.4 Å². The lowest BCUT2D eigenvalue weighted by atomic mass is 10.0. The number of H-pyrrole nitrogens is 1. The second kappa shape index (κ2) is 12.1. The Morgan fingerprint density at radius 2 is 2.00 bits per heavy atom. The number of hydrogen-bond acceptors (Lipinski definition) is 10. The topological polar surface area (TPSA) is 170 Å². The van der Waals surface area contributed by atoms with Crippen molar-refractivity contribution in [2.45, 2.75) is 51.7 Å². The van der Waals surface area contributed by atoms with Gasteiger partial charge in [0, 0.05) is 6.42 Å². The van der Waals surface area contributed by atoms with Crippen molar-refractivity contribution in [2.75, 3.05) is 18.3 Å². The van der Waals surface area contributed by atoms with E-state index in [0.29, 0.717) is 11.9 Å². The first-order chi connectivity index (χ1) is 17.4. The summed E-state index contributed by atoms with van der Waals surface area (Å²) in [5.41, 5.74) is -1.65. The van der Waals surface area contributed by atoms with Crippen molar-refractivity contribution in [3.05, 3.63) is 63.2 Å². The highest BCUT2D eigenvalue weighted by molar-refractivity contribution is 7.48. The molecule has 1 aromatic heterocycles. The molecule has 204 valence electrons. The summed E-state index contributed by atoms with van der Waals surface area (Å²) in [6, 6.07) is 7.54. The number of aromatic amines is 1. The monoisotopic (exact) mass is 545 g/mol. The van der Waals surface area contributed by atoms with Gasteiger partial charge in [0.1, 0.15) is 12.3 Å². The first-order valence-electron chi connectivity index (χ1n) is 11.5. The molecule has 2 aromatic rings. The van der Waals surface area contributed by atoms with E-state index < -0.39 is 67.9 Å². The zero-order chi connectivity index (χ0) is 27.3. The van der Waals surface area contributed by atoms with Gasteiger partial charge in [-0.15, -0.1) is 0 Å². The molecule has 2 heterocycles. The fourth-order valence-corrected chi connectivity index (χ4v) is 4.46. The summed E-state index contributed by atoms with van der Waals surface area (Å²) >= 11 is 0. The van der Waals surface area contributed by atoms with E-state index in [0.717, 1.165) is 4.57 Å². The lowest BCUT2D eigenvalue weighted by Crippen LogP contribution is -2.45. The maximum Gasteiger partial charge on any atom is 0.529 e. The highest BCUT2D eigenvalue weighted by atomic mass is 31.2. The molecule has 0 aliphatic carbocycles. The minimum atomic E-state index is -4.99. The molecule has 1 aromatic carbocycles. The number of hydroxylamine groups is 1. The third-order valence-electron chi connectivity index (χ3n) is 5.45. The first-order valence-corrected chi connectivity index (χ1v) is 13.0. The largest absolute Gasteiger partial charge is 0.529 e. The molecule has 0 amide bonds. The second-order valence-corrected chi connectivity index (χ2v) is 9.90. The highest BCUT2D eigenvalue weighted by Gasteiger charge is 2.41. The molecule has 0 saturated carbocycles. The minimum absolute atomic E-state index is 0.204. The normalized spacial score (nSPS) is 22.0. The summed E-state index contributed by atoms with van der Waals surface area (Å²) < 4.78 is 42.0. The van der Waals surface area contributed by atoms with Gasteiger partial charge < -0.3 is 14.4 Å². The van der Waals surface area contributed by atoms with Gasteiger partial charge in [-0.1, -0.05) is 32.0 Å². The van der Waals surface area contributed by atoms with Crippen LogP contribution in [0.4, 0.5) is 10.1 Å². The van der Waals surface area contributed by atoms with E-state index in [-0.39, 0.29) is 13.0 Å². The van der Waals surface area contributed by atoms with Crippen molar-refractivity contribution in [1.29, 1.82) is 0 Å². The fourth-order valence-electron chi connectivity index (χ4n) is 3.74. The van der Waals surface area contributed by atoms with Gasteiger partial charge in [0.15, 0.2) is 6.04 Å². The number of aliphatic hydroxyl groups excluding tert-OH is 1. The van der Waals surface area contributed by atoms with Gasteiger partial charge in [-0.05, 0) is 25.0 Å². The van der Waals surface area contributed by atoms with Crippen LogP contribution in [0.5, 0.6) is 0 Å². The third-order valence-corrected chi connectivity index (χ3v) is 6.34. The molecule has 0 spiro atoms. The van der Waals surface area contributed by atoms with Crippen LogP contribution in [0.25, 0.3) is 0 Å². The fraction of sp³-hybridized carbons (Fsp3) is 0.500. The predicted octanol–water partition coefficient (Wildman–Crippen LogP) is 1.47. The van der Waals surface area contributed by atoms with Crippen LogP contribution in [0.3, 0.4) is 0 Å². The van der Waals surface area contributed by atoms with E-state index in [9.17, 15) is 33.3 Å². The van der Waals surface area contributed by atoms with Gasteiger partial charge in [0.25, 0.3) is 5.56 Å². The number of anilines is 1. The van der Waals surface area contributed by atoms with E-state index >= 15 is 0 Å². The summed E-state index contributed by atoms with van der Waals surface area (Å²) in [7, 11) is -4.99. The number of carbonyl (C=O) groups excluding carboxylic acids is 1. The molecule has 37 heavy (non-hydrogen) atoms. The smallest absolute Gasteiger partial charge is 0.390 e. The van der Waals surface area contributed by atoms with Crippen LogP contribution in [0.15, 0.2) is 46.1 Å². The standard InChI is InChI=1S/C22H29FN3O10P/c1-4-33-26(14-8-6-5-7-9-14)19(13(2)3)21(29)36-37(31,32)34-12-17-16(27)10-18(35-17)25-11-15(23)20(28)24-22(25)30/h5-9,11,13,16-19,27H,4,10,12H2,1-3H3,(H,31,32)(H,24,28,30)/t16-,17+,18+,19-/m0/s1. The molecule has 0 radical (unpaired) electrons. The van der Waals surface area contributed by atoms with Crippen LogP contribution in [0, 0.1) is 11.7 Å². The zero-order valence-electron chi connectivity index (χ0n) is 20.4. The summed E-state index contributed by atoms with van der Waals surface area (Å²) in [6.07, 6.45) is -3.26. The number of benzene rings is 1. The van der Waals surface area contributed by atoms with E-state index in [1.807, 2.05) is 0 Å². The van der Waals surface area contributed by atoms with Crippen LogP contribution < -0.4 is 16.3 Å². The number of rotatable bonds is 11. The van der Waals surface area contributed by atoms with E-state index in [1.54, 1.807) is 56.1 Å². The van der Waals surface area contributed by atoms with Crippen LogP contribution in [0.2, 0.25) is 0 Å². The number of ether oxygens (including phenoxy) is 1. The third kappa shape index (κ3) is 7.12. The molecular formula is C22H29FN3O10P. The van der Waals surface area contributed by atoms with E-state index in [1.165, 1.54) is 5.06 Å². The van der Waals surface area contributed by atoms with Gasteiger partial charge in [0.05, 0.1) is 31.2 Å². The van der Waals surface area contributed by atoms with Crippen molar-refractivity contribution < 1.29 is 42.4 Å². The number of hydrogen-bond donors (Lipinski definition) is 3. The molecule has 1 aliphatic rings. The molecule has 13 nitrogen and oxygen atoms in total. The molecule has 1 saturated heterocycles. The number of nitrogens with zero attached hydrogens (tertiary/aromatic N) is 2. The summed E-state index contributed by atoms with van der Waals surface area (Å²) in [5, 5.41) is 11.5. The van der Waals surface area contributed by atoms with Crippen molar-refractivity contribution >= 4 is 19.5 Å². The van der Waals surface area contributed by atoms with Gasteiger partial charge in [0.2, 0.25) is 5.82 Å². The summed E-state index contributed by atoms with van der Waals surface area (Å²) in [4.78, 5) is 53.7. The Kier molecular flexibility index (Phi) is 9.40. The maximum absolute atomic E-state index is 13.6. The Labute approximate surface area is 210 Å². The van der Waals surface area contributed by atoms with E-state index in [4.69, 9.17) is 18.6 Å². The molecule has 1 fully saturated rings. The molecule has 15 heteroatoms. The van der Waals surface area contributed by atoms with Crippen molar-refractivity contribution in [1.82, 2.24) is 9.55 Å². The second-order valence-electron chi connectivity index (χ2n) is 8.52. The number of phosphoric ester groups is 1. The quantitative estimate of drug-likeness (QED) is 0.276. The molecular weight excluding hydrogens is 516 g/mol. The number of aromatic nitrogens is 2. The lowest BCUT2D eigenvalue weighted by molar-refractivity contribution is -0.141. The molecule has 1 unspecified atom stereocenters. The number of halogens is 1. The predicted molar refractivity (Wildman–Crippen MR) is 127 cm³/mol. The van der Waals surface area contributed by atoms with Gasteiger partial charge in [-0.3, -0.25) is 28.6 Å². The number of carbonyl (C=O) groups is 1. The average molecular weight is 545 g/mol. The Bertz CT molecular complexity index is 1240. The molecule has 0 bridgehead atoms. The van der Waals surface area contributed by atoms with Crippen molar-refractivity contribution in [3.8, 4) is 0 Å². The van der Waals surface area contributed by atoms with Crippen LogP contribution >= 0.6 is 7.82 Å². The Hall–Kier alpha value is -2.87. The number of aliphatic hydroxyl groups is 1. The SMILES string of the molecule is CCON(c1ccccc1)[C@H](C(=O)OP(=O)(O)OC[C@H]1O[C@@H](n2cc(F)c(=O)[nH]c2=O)C[C@@H]1O)C(C)C. The van der Waals surface area contributed by atoms with Crippen LogP contribution in [-0.4, -0.2) is 57.0 Å². The highest BCUT2D eigenvalue weighted by Crippen LogP contribution is 2.45. The van der Waals surface area contributed by atoms with Crippen molar-refractivity contribution in [2.24, 2.45) is 5.92 Å². The van der Waals surface area contributed by atoms with Crippen LogP contribution in [-0.2, 0) is 28.0 Å². The average Bonchev–Trinajstić information content (AvgIpc) is 3.20. The minimum Gasteiger partial charge on any atom is -0.390 e. The molecule has 3 N–H and O–H groups in total. The first kappa shape index (κ1) is 28.7. The molecule has 3 rings (SSSR count). The Morgan fingerprint density at radius 1 is 1.32 bits per heavy atom. The number of nitrogens with one attached hydrogen (secondary N) is 1. The lowest BCUT2D eigenvalue weighted by Gasteiger charge is -2.33. The van der Waals surface area contributed by atoms with Gasteiger partial charge in [-0.2, -0.15) is 4.39 Å². The maximum atomic E-state index is 13.6. The van der Waals surface area contributed by atoms with Gasteiger partial charge in [-0.25, -0.2) is 19.2 Å². The number of para-hydroxylation sites is 1. The number of phosphoric acid groups is 1.